The number of likely N-dealkylation sites (tertiary alicyclic amines) is 1. The van der Waals surface area contributed by atoms with Crippen LogP contribution in [0.1, 0.15) is 31.7 Å². The summed E-state index contributed by atoms with van der Waals surface area (Å²) >= 11 is 0. The molecule has 0 aromatic heterocycles. The number of rotatable bonds is 3. The normalized spacial score (nSPS) is 28.4. The van der Waals surface area contributed by atoms with E-state index < -0.39 is 0 Å². The van der Waals surface area contributed by atoms with Crippen LogP contribution in [0.25, 0.3) is 0 Å². The molecule has 4 heteroatoms. The maximum atomic E-state index is 12.5. The van der Waals surface area contributed by atoms with Crippen molar-refractivity contribution in [1.82, 2.24) is 10.2 Å². The number of nitrogens with one attached hydrogen (secondary N) is 1. The molecule has 0 aliphatic carbocycles. The molecule has 2 saturated heterocycles. The Kier molecular flexibility index (Phi) is 5.65. The average molecular weight is 309 g/mol. The minimum Gasteiger partial charge on any atom is -0.338 e. The molecular formula is C17H25ClN2O. The molecule has 3 unspecified atom stereocenters. The number of hydrogen-bond acceptors (Lipinski definition) is 2. The quantitative estimate of drug-likeness (QED) is 0.931. The highest BCUT2D eigenvalue weighted by atomic mass is 35.5. The summed E-state index contributed by atoms with van der Waals surface area (Å²) in [6.07, 6.45) is 4.36. The Morgan fingerprint density at radius 1 is 1.29 bits per heavy atom. The maximum absolute atomic E-state index is 12.5. The van der Waals surface area contributed by atoms with Crippen molar-refractivity contribution >= 4 is 18.3 Å². The van der Waals surface area contributed by atoms with Gasteiger partial charge in [-0.15, -0.1) is 12.4 Å². The number of hydrogen-bond donors (Lipinski definition) is 1. The summed E-state index contributed by atoms with van der Waals surface area (Å²) in [4.78, 5) is 14.6. The van der Waals surface area contributed by atoms with Gasteiger partial charge in [0.1, 0.15) is 0 Å². The Morgan fingerprint density at radius 2 is 2.05 bits per heavy atom. The second kappa shape index (κ2) is 7.28. The Balaban J connectivity index is 0.00000161. The Morgan fingerprint density at radius 3 is 2.71 bits per heavy atom. The van der Waals surface area contributed by atoms with Crippen LogP contribution in [-0.4, -0.2) is 36.0 Å². The first-order valence-corrected chi connectivity index (χ1v) is 7.83. The van der Waals surface area contributed by atoms with Crippen LogP contribution in [0.3, 0.4) is 0 Å². The first-order valence-electron chi connectivity index (χ1n) is 7.83. The predicted octanol–water partition coefficient (Wildman–Crippen LogP) is 2.64. The van der Waals surface area contributed by atoms with Gasteiger partial charge in [-0.25, -0.2) is 0 Å². The second-order valence-electron chi connectivity index (χ2n) is 6.16. The van der Waals surface area contributed by atoms with Crippen molar-refractivity contribution in [2.45, 2.75) is 44.7 Å². The Labute approximate surface area is 133 Å². The van der Waals surface area contributed by atoms with Crippen LogP contribution >= 0.6 is 12.4 Å². The van der Waals surface area contributed by atoms with Gasteiger partial charge in [-0.1, -0.05) is 30.3 Å². The van der Waals surface area contributed by atoms with Crippen LogP contribution in [0.2, 0.25) is 0 Å². The van der Waals surface area contributed by atoms with Gasteiger partial charge in [-0.2, -0.15) is 0 Å². The van der Waals surface area contributed by atoms with E-state index in [4.69, 9.17) is 0 Å². The fourth-order valence-corrected chi connectivity index (χ4v) is 3.60. The Bertz CT molecular complexity index is 459. The maximum Gasteiger partial charge on any atom is 0.239 e. The van der Waals surface area contributed by atoms with Gasteiger partial charge in [0, 0.05) is 12.6 Å². The summed E-state index contributed by atoms with van der Waals surface area (Å²) in [5, 5.41) is 3.33. The van der Waals surface area contributed by atoms with Crippen molar-refractivity contribution in [2.75, 3.05) is 13.1 Å². The zero-order chi connectivity index (χ0) is 13.9. The van der Waals surface area contributed by atoms with E-state index in [0.29, 0.717) is 17.9 Å². The van der Waals surface area contributed by atoms with Crippen molar-refractivity contribution < 1.29 is 4.79 Å². The van der Waals surface area contributed by atoms with Crippen LogP contribution in [0.15, 0.2) is 30.3 Å². The largest absolute Gasteiger partial charge is 0.338 e. The number of carbonyl (C=O) groups excluding carboxylic acids is 1. The molecule has 1 N–H and O–H groups in total. The lowest BCUT2D eigenvalue weighted by atomic mass is 9.93. The molecule has 3 rings (SSSR count). The summed E-state index contributed by atoms with van der Waals surface area (Å²) in [5.41, 5.74) is 1.39. The molecule has 0 spiro atoms. The van der Waals surface area contributed by atoms with E-state index in [-0.39, 0.29) is 18.4 Å². The SMILES string of the molecule is CC1C(Cc2ccccc2)CCN1C(=O)C1CCCN1.Cl. The lowest BCUT2D eigenvalue weighted by molar-refractivity contribution is -0.133. The van der Waals surface area contributed by atoms with Crippen LogP contribution in [0, 0.1) is 5.92 Å². The van der Waals surface area contributed by atoms with Gasteiger partial charge < -0.3 is 10.2 Å². The van der Waals surface area contributed by atoms with E-state index >= 15 is 0 Å². The molecule has 3 nitrogen and oxygen atoms in total. The van der Waals surface area contributed by atoms with Gasteiger partial charge >= 0.3 is 0 Å². The van der Waals surface area contributed by atoms with Crippen molar-refractivity contribution in [2.24, 2.45) is 5.92 Å². The number of halogens is 1. The molecule has 1 aromatic carbocycles. The number of benzene rings is 1. The molecule has 2 aliphatic rings. The molecular weight excluding hydrogens is 284 g/mol. The zero-order valence-electron chi connectivity index (χ0n) is 12.6. The topological polar surface area (TPSA) is 32.3 Å². The first-order chi connectivity index (χ1) is 9.75. The lowest BCUT2D eigenvalue weighted by Gasteiger charge is -2.27. The highest BCUT2D eigenvalue weighted by Gasteiger charge is 2.37. The predicted molar refractivity (Wildman–Crippen MR) is 87.7 cm³/mol. The molecule has 2 heterocycles. The van der Waals surface area contributed by atoms with Crippen LogP contribution in [0.5, 0.6) is 0 Å². The molecule has 0 saturated carbocycles. The van der Waals surface area contributed by atoms with Gasteiger partial charge in [0.25, 0.3) is 0 Å². The number of amides is 1. The zero-order valence-corrected chi connectivity index (χ0v) is 13.4. The molecule has 21 heavy (non-hydrogen) atoms. The number of carbonyl (C=O) groups is 1. The first kappa shape index (κ1) is 16.3. The summed E-state index contributed by atoms with van der Waals surface area (Å²) in [7, 11) is 0. The van der Waals surface area contributed by atoms with Crippen molar-refractivity contribution in [3.8, 4) is 0 Å². The minimum absolute atomic E-state index is 0. The van der Waals surface area contributed by atoms with Gasteiger partial charge in [-0.3, -0.25) is 4.79 Å². The van der Waals surface area contributed by atoms with Crippen molar-refractivity contribution in [3.63, 3.8) is 0 Å². The van der Waals surface area contributed by atoms with Crippen molar-refractivity contribution in [3.05, 3.63) is 35.9 Å². The van der Waals surface area contributed by atoms with Gasteiger partial charge in [0.05, 0.1) is 6.04 Å². The smallest absolute Gasteiger partial charge is 0.239 e. The molecule has 2 fully saturated rings. The average Bonchev–Trinajstić information content (AvgIpc) is 3.11. The minimum atomic E-state index is 0. The third-order valence-corrected chi connectivity index (χ3v) is 4.90. The van der Waals surface area contributed by atoms with Gasteiger partial charge in [-0.05, 0) is 50.6 Å². The van der Waals surface area contributed by atoms with Gasteiger partial charge in [0.2, 0.25) is 5.91 Å². The van der Waals surface area contributed by atoms with Gasteiger partial charge in [0.15, 0.2) is 0 Å². The number of nitrogens with zero attached hydrogens (tertiary/aromatic N) is 1. The van der Waals surface area contributed by atoms with Crippen LogP contribution in [0.4, 0.5) is 0 Å². The molecule has 116 valence electrons. The van der Waals surface area contributed by atoms with Crippen LogP contribution < -0.4 is 5.32 Å². The Hall–Kier alpha value is -1.06. The van der Waals surface area contributed by atoms with E-state index in [0.717, 1.165) is 38.8 Å². The molecule has 0 radical (unpaired) electrons. The third kappa shape index (κ3) is 3.58. The monoisotopic (exact) mass is 308 g/mol. The molecule has 2 aliphatic heterocycles. The fraction of sp³-hybridized carbons (Fsp3) is 0.588. The van der Waals surface area contributed by atoms with Crippen LogP contribution in [-0.2, 0) is 11.2 Å². The van der Waals surface area contributed by atoms with Crippen molar-refractivity contribution in [1.29, 1.82) is 0 Å². The second-order valence-corrected chi connectivity index (χ2v) is 6.16. The summed E-state index contributed by atoms with van der Waals surface area (Å²) in [6, 6.07) is 11.1. The highest BCUT2D eigenvalue weighted by Crippen LogP contribution is 2.28. The summed E-state index contributed by atoms with van der Waals surface area (Å²) < 4.78 is 0. The summed E-state index contributed by atoms with van der Waals surface area (Å²) in [5.74, 6) is 0.924. The summed E-state index contributed by atoms with van der Waals surface area (Å²) in [6.45, 7) is 4.13. The molecule has 1 amide bonds. The standard InChI is InChI=1S/C17H24N2O.ClH/c1-13-15(12-14-6-3-2-4-7-14)9-11-19(13)17(20)16-8-5-10-18-16;/h2-4,6-7,13,15-16,18H,5,8-12H2,1H3;1H. The van der Waals surface area contributed by atoms with E-state index in [9.17, 15) is 4.79 Å². The molecule has 3 atom stereocenters. The van der Waals surface area contributed by atoms with E-state index in [1.807, 2.05) is 0 Å². The third-order valence-electron chi connectivity index (χ3n) is 4.90. The highest BCUT2D eigenvalue weighted by molar-refractivity contribution is 5.85. The van der Waals surface area contributed by atoms with E-state index in [1.165, 1.54) is 5.56 Å². The van der Waals surface area contributed by atoms with E-state index in [2.05, 4.69) is 47.5 Å². The fourth-order valence-electron chi connectivity index (χ4n) is 3.60. The molecule has 1 aromatic rings. The van der Waals surface area contributed by atoms with E-state index in [1.54, 1.807) is 0 Å². The lowest BCUT2D eigenvalue weighted by Crippen LogP contribution is -2.46. The molecule has 0 bridgehead atoms.